The molecule has 1 amide bonds. The summed E-state index contributed by atoms with van der Waals surface area (Å²) in [6.45, 7) is 2.51. The number of amides is 1. The van der Waals surface area contributed by atoms with Gasteiger partial charge in [0.05, 0.1) is 16.8 Å². The average molecular weight is 363 g/mol. The second-order valence-corrected chi connectivity index (χ2v) is 8.04. The van der Waals surface area contributed by atoms with Gasteiger partial charge in [0.25, 0.3) is 0 Å². The molecule has 0 aliphatic carbocycles. The number of aromatic amines is 1. The van der Waals surface area contributed by atoms with Crippen molar-refractivity contribution in [2.45, 2.75) is 19.9 Å². The third kappa shape index (κ3) is 3.74. The van der Waals surface area contributed by atoms with Gasteiger partial charge in [-0.1, -0.05) is 0 Å². The third-order valence-electron chi connectivity index (χ3n) is 2.33. The lowest BCUT2D eigenvalue weighted by atomic mass is 10.3. The van der Waals surface area contributed by atoms with Gasteiger partial charge < -0.3 is 10.3 Å². The van der Waals surface area contributed by atoms with Crippen LogP contribution in [0, 0.1) is 10.9 Å². The van der Waals surface area contributed by atoms with Crippen LogP contribution in [0.25, 0.3) is 0 Å². The van der Waals surface area contributed by atoms with Gasteiger partial charge in [-0.15, -0.1) is 22.7 Å². The van der Waals surface area contributed by atoms with Gasteiger partial charge in [-0.2, -0.15) is 0 Å². The molecule has 0 bridgehead atoms. The number of hydrogen-bond acceptors (Lipinski definition) is 4. The van der Waals surface area contributed by atoms with Crippen LogP contribution in [0.4, 0.5) is 0 Å². The summed E-state index contributed by atoms with van der Waals surface area (Å²) in [6.07, 6.45) is 0.385. The molecule has 18 heavy (non-hydrogen) atoms. The minimum absolute atomic E-state index is 0.0212. The molecule has 0 unspecified atom stereocenters. The van der Waals surface area contributed by atoms with Crippen LogP contribution in [-0.2, 0) is 17.8 Å². The number of hydrogen-bond donors (Lipinski definition) is 2. The van der Waals surface area contributed by atoms with Crippen LogP contribution < -0.4 is 5.32 Å². The molecular weight excluding hydrogens is 352 g/mol. The number of halogens is 1. The molecule has 2 aromatic rings. The normalized spacial score (nSPS) is 10.6. The third-order valence-corrected chi connectivity index (χ3v) is 5.29. The molecular formula is C11H11BrN2OS3. The molecule has 0 saturated heterocycles. The number of nitrogens with one attached hydrogen (secondary N) is 2. The van der Waals surface area contributed by atoms with E-state index in [2.05, 4.69) is 26.2 Å². The summed E-state index contributed by atoms with van der Waals surface area (Å²) < 4.78 is 1.80. The fourth-order valence-corrected chi connectivity index (χ4v) is 4.16. The Bertz CT molecular complexity index is 614. The van der Waals surface area contributed by atoms with Crippen molar-refractivity contribution in [1.82, 2.24) is 10.3 Å². The van der Waals surface area contributed by atoms with Crippen LogP contribution in [0.1, 0.15) is 15.4 Å². The van der Waals surface area contributed by atoms with Crippen LogP contribution in [0.2, 0.25) is 0 Å². The molecule has 2 N–H and O–H groups in total. The first-order valence-corrected chi connectivity index (χ1v) is 8.07. The minimum atomic E-state index is 0.0212. The Kier molecular flexibility index (Phi) is 4.71. The summed E-state index contributed by atoms with van der Waals surface area (Å²) >= 11 is 11.5. The Labute approximate surface area is 126 Å². The van der Waals surface area contributed by atoms with Crippen molar-refractivity contribution in [2.24, 2.45) is 0 Å². The van der Waals surface area contributed by atoms with Gasteiger partial charge in [-0.05, 0) is 47.2 Å². The van der Waals surface area contributed by atoms with E-state index < -0.39 is 0 Å². The highest BCUT2D eigenvalue weighted by atomic mass is 79.9. The zero-order valence-corrected chi connectivity index (χ0v) is 13.6. The van der Waals surface area contributed by atoms with E-state index in [9.17, 15) is 4.79 Å². The van der Waals surface area contributed by atoms with E-state index in [1.165, 1.54) is 11.3 Å². The largest absolute Gasteiger partial charge is 0.351 e. The second-order valence-electron chi connectivity index (χ2n) is 3.72. The van der Waals surface area contributed by atoms with Crippen LogP contribution >= 0.6 is 50.8 Å². The average Bonchev–Trinajstić information content (AvgIpc) is 2.83. The van der Waals surface area contributed by atoms with Crippen molar-refractivity contribution in [3.63, 3.8) is 0 Å². The summed E-state index contributed by atoms with van der Waals surface area (Å²) in [5, 5.41) is 2.91. The zero-order valence-electron chi connectivity index (χ0n) is 9.58. The highest BCUT2D eigenvalue weighted by Gasteiger charge is 2.08. The highest BCUT2D eigenvalue weighted by Crippen LogP contribution is 2.21. The number of carbonyl (C=O) groups excluding carboxylic acids is 1. The molecule has 2 rings (SSSR count). The van der Waals surface area contributed by atoms with E-state index in [0.717, 1.165) is 23.2 Å². The first-order chi connectivity index (χ1) is 8.54. The van der Waals surface area contributed by atoms with E-state index >= 15 is 0 Å². The van der Waals surface area contributed by atoms with Gasteiger partial charge in [-0.3, -0.25) is 4.79 Å². The zero-order chi connectivity index (χ0) is 13.1. The molecule has 3 nitrogen and oxygen atoms in total. The molecule has 0 aromatic carbocycles. The Morgan fingerprint density at radius 3 is 2.83 bits per heavy atom. The van der Waals surface area contributed by atoms with Gasteiger partial charge in [-0.25, -0.2) is 0 Å². The first-order valence-electron chi connectivity index (χ1n) is 5.24. The maximum atomic E-state index is 11.8. The standard InChI is InChI=1S/C11H11BrN2OS3/c1-6-8(18-11(16)14-6)4-10(15)13-5-7-2-3-9(12)17-7/h2-3H,4-5H2,1H3,(H,13,15)(H,14,16). The molecule has 2 aromatic heterocycles. The lowest BCUT2D eigenvalue weighted by Gasteiger charge is -2.02. The van der Waals surface area contributed by atoms with Crippen molar-refractivity contribution in [1.29, 1.82) is 0 Å². The number of aromatic nitrogens is 1. The molecule has 0 aliphatic heterocycles. The van der Waals surface area contributed by atoms with Crippen molar-refractivity contribution in [3.8, 4) is 0 Å². The number of thiophene rings is 1. The number of carbonyl (C=O) groups is 1. The van der Waals surface area contributed by atoms with E-state index in [1.54, 1.807) is 11.3 Å². The van der Waals surface area contributed by atoms with E-state index in [4.69, 9.17) is 12.2 Å². The van der Waals surface area contributed by atoms with Gasteiger partial charge >= 0.3 is 0 Å². The molecule has 0 spiro atoms. The maximum Gasteiger partial charge on any atom is 0.225 e. The van der Waals surface area contributed by atoms with Crippen molar-refractivity contribution in [3.05, 3.63) is 35.3 Å². The molecule has 96 valence electrons. The van der Waals surface area contributed by atoms with Gasteiger partial charge in [0.1, 0.15) is 0 Å². The Hall–Kier alpha value is -0.500. The van der Waals surface area contributed by atoms with E-state index in [0.29, 0.717) is 13.0 Å². The molecule has 0 saturated carbocycles. The van der Waals surface area contributed by atoms with Crippen LogP contribution in [0.5, 0.6) is 0 Å². The topological polar surface area (TPSA) is 44.9 Å². The van der Waals surface area contributed by atoms with Crippen molar-refractivity contribution >= 4 is 56.7 Å². The maximum absolute atomic E-state index is 11.8. The SMILES string of the molecule is Cc1[nH]c(=S)sc1CC(=O)NCc1ccc(Br)s1. The van der Waals surface area contributed by atoms with E-state index in [1.807, 2.05) is 19.1 Å². The Morgan fingerprint density at radius 1 is 1.50 bits per heavy atom. The summed E-state index contributed by atoms with van der Waals surface area (Å²) in [4.78, 5) is 17.0. The van der Waals surface area contributed by atoms with Crippen LogP contribution in [0.3, 0.4) is 0 Å². The summed E-state index contributed by atoms with van der Waals surface area (Å²) in [5.41, 5.74) is 0.985. The molecule has 0 atom stereocenters. The Balaban J connectivity index is 1.89. The monoisotopic (exact) mass is 362 g/mol. The predicted molar refractivity (Wildman–Crippen MR) is 81.8 cm³/mol. The number of aryl methyl sites for hydroxylation is 1. The van der Waals surface area contributed by atoms with Gasteiger partial charge in [0.15, 0.2) is 3.95 Å². The molecule has 0 aliphatic rings. The van der Waals surface area contributed by atoms with E-state index in [-0.39, 0.29) is 5.91 Å². The van der Waals surface area contributed by atoms with Gasteiger partial charge in [0, 0.05) is 15.4 Å². The molecule has 0 radical (unpaired) electrons. The molecule has 7 heteroatoms. The summed E-state index contributed by atoms with van der Waals surface area (Å²) in [6, 6.07) is 3.98. The van der Waals surface area contributed by atoms with Crippen LogP contribution in [0.15, 0.2) is 15.9 Å². The van der Waals surface area contributed by atoms with Crippen LogP contribution in [-0.4, -0.2) is 10.9 Å². The highest BCUT2D eigenvalue weighted by molar-refractivity contribution is 9.11. The second kappa shape index (κ2) is 6.10. The van der Waals surface area contributed by atoms with Crippen molar-refractivity contribution in [2.75, 3.05) is 0 Å². The number of thiazole rings is 1. The quantitative estimate of drug-likeness (QED) is 0.812. The molecule has 2 heterocycles. The summed E-state index contributed by atoms with van der Waals surface area (Å²) in [5.74, 6) is 0.0212. The lowest BCUT2D eigenvalue weighted by Crippen LogP contribution is -2.24. The predicted octanol–water partition coefficient (Wildman–Crippen LogP) is 3.80. The smallest absolute Gasteiger partial charge is 0.225 e. The van der Waals surface area contributed by atoms with Gasteiger partial charge in [0.2, 0.25) is 5.91 Å². The van der Waals surface area contributed by atoms with Crippen molar-refractivity contribution < 1.29 is 4.79 Å². The summed E-state index contributed by atoms with van der Waals surface area (Å²) in [7, 11) is 0. The molecule has 0 fully saturated rings. The Morgan fingerprint density at radius 2 is 2.28 bits per heavy atom. The fraction of sp³-hybridized carbons (Fsp3) is 0.273. The number of rotatable bonds is 4. The number of H-pyrrole nitrogens is 1. The lowest BCUT2D eigenvalue weighted by molar-refractivity contribution is -0.120. The fourth-order valence-electron chi connectivity index (χ4n) is 1.45. The minimum Gasteiger partial charge on any atom is -0.351 e. The first kappa shape index (κ1) is 13.9.